The van der Waals surface area contributed by atoms with E-state index >= 15 is 0 Å². The highest BCUT2D eigenvalue weighted by atomic mass is 16.5. The topological polar surface area (TPSA) is 35.2 Å². The Morgan fingerprint density at radius 2 is 1.89 bits per heavy atom. The molecule has 19 heavy (non-hydrogen) atoms. The zero-order chi connectivity index (χ0) is 13.5. The maximum Gasteiger partial charge on any atom is 0.119 e. The zero-order valence-corrected chi connectivity index (χ0v) is 11.0. The van der Waals surface area contributed by atoms with E-state index in [4.69, 9.17) is 10.5 Å². The lowest BCUT2D eigenvalue weighted by Gasteiger charge is -2.06. The molecule has 0 fully saturated rings. The van der Waals surface area contributed by atoms with Crippen LogP contribution < -0.4 is 10.5 Å². The first-order chi connectivity index (χ1) is 9.28. The maximum absolute atomic E-state index is 5.73. The average molecular weight is 251 g/mol. The van der Waals surface area contributed by atoms with Crippen LogP contribution in [-0.2, 0) is 6.61 Å². The van der Waals surface area contributed by atoms with Crippen LogP contribution in [-0.4, -0.2) is 6.54 Å². The number of hydrogen-bond donors (Lipinski definition) is 1. The van der Waals surface area contributed by atoms with Crippen molar-refractivity contribution in [1.82, 2.24) is 0 Å². The minimum atomic E-state index is 0.381. The van der Waals surface area contributed by atoms with Gasteiger partial charge in [0.2, 0.25) is 0 Å². The highest BCUT2D eigenvalue weighted by Crippen LogP contribution is 2.14. The van der Waals surface area contributed by atoms with E-state index in [1.54, 1.807) is 0 Å². The zero-order valence-electron chi connectivity index (χ0n) is 11.0. The van der Waals surface area contributed by atoms with Crippen molar-refractivity contribution in [1.29, 1.82) is 0 Å². The molecule has 2 N–H and O–H groups in total. The van der Waals surface area contributed by atoms with E-state index in [0.717, 1.165) is 11.3 Å². The summed E-state index contributed by atoms with van der Waals surface area (Å²) in [6.07, 6.45) is 0. The lowest BCUT2D eigenvalue weighted by Crippen LogP contribution is -1.95. The fourth-order valence-electron chi connectivity index (χ4n) is 1.76. The van der Waals surface area contributed by atoms with Crippen molar-refractivity contribution >= 4 is 0 Å². The van der Waals surface area contributed by atoms with Crippen molar-refractivity contribution in [2.45, 2.75) is 13.5 Å². The summed E-state index contributed by atoms with van der Waals surface area (Å²) in [6.45, 7) is 3.04. The molecule has 0 spiro atoms. The van der Waals surface area contributed by atoms with Crippen LogP contribution in [0.1, 0.15) is 16.7 Å². The second-order valence-corrected chi connectivity index (χ2v) is 4.31. The molecule has 2 aromatic carbocycles. The van der Waals surface area contributed by atoms with E-state index in [1.165, 1.54) is 11.1 Å². The molecule has 0 bridgehead atoms. The molecule has 2 nitrogen and oxygen atoms in total. The van der Waals surface area contributed by atoms with E-state index in [2.05, 4.69) is 37.0 Å². The fourth-order valence-corrected chi connectivity index (χ4v) is 1.76. The predicted molar refractivity (Wildman–Crippen MR) is 77.9 cm³/mol. The van der Waals surface area contributed by atoms with Crippen molar-refractivity contribution < 1.29 is 4.74 Å². The average Bonchev–Trinajstić information content (AvgIpc) is 2.44. The quantitative estimate of drug-likeness (QED) is 0.851. The van der Waals surface area contributed by atoms with Gasteiger partial charge in [-0.05, 0) is 36.8 Å². The number of benzene rings is 2. The number of aryl methyl sites for hydroxylation is 1. The second kappa shape index (κ2) is 6.63. The van der Waals surface area contributed by atoms with E-state index in [-0.39, 0.29) is 0 Å². The smallest absolute Gasteiger partial charge is 0.119 e. The lowest BCUT2D eigenvalue weighted by atomic mass is 10.1. The Hall–Kier alpha value is -2.24. The number of nitrogens with two attached hydrogens (primary N) is 1. The molecule has 0 amide bonds. The standard InChI is InChI=1S/C17H17NO/c1-14-4-2-5-16(12-14)13-19-17-9-7-15(8-10-17)6-3-11-18/h2,4-5,7-10,12H,11,13,18H2,1H3. The molecule has 0 atom stereocenters. The van der Waals surface area contributed by atoms with Crippen LogP contribution in [0.15, 0.2) is 48.5 Å². The Kier molecular flexibility index (Phi) is 4.60. The normalized spacial score (nSPS) is 9.58. The number of ether oxygens (including phenoxy) is 1. The van der Waals surface area contributed by atoms with Crippen molar-refractivity contribution in [2.75, 3.05) is 6.54 Å². The number of hydrogen-bond acceptors (Lipinski definition) is 2. The third-order valence-corrected chi connectivity index (χ3v) is 2.68. The van der Waals surface area contributed by atoms with E-state index in [0.29, 0.717) is 13.2 Å². The first kappa shape index (κ1) is 13.2. The minimum Gasteiger partial charge on any atom is -0.489 e. The van der Waals surface area contributed by atoms with Gasteiger partial charge in [0.15, 0.2) is 0 Å². The second-order valence-electron chi connectivity index (χ2n) is 4.31. The molecule has 0 aliphatic rings. The minimum absolute atomic E-state index is 0.381. The molecular formula is C17H17NO. The van der Waals surface area contributed by atoms with Gasteiger partial charge in [0.05, 0.1) is 6.54 Å². The van der Waals surface area contributed by atoms with Gasteiger partial charge in [-0.15, -0.1) is 0 Å². The monoisotopic (exact) mass is 251 g/mol. The molecule has 0 aliphatic heterocycles. The van der Waals surface area contributed by atoms with Crippen LogP contribution >= 0.6 is 0 Å². The third kappa shape index (κ3) is 4.17. The van der Waals surface area contributed by atoms with E-state index in [9.17, 15) is 0 Å². The Labute approximate surface area is 114 Å². The van der Waals surface area contributed by atoms with Gasteiger partial charge in [-0.2, -0.15) is 0 Å². The summed E-state index contributed by atoms with van der Waals surface area (Å²) in [5, 5.41) is 0. The molecule has 0 unspecified atom stereocenters. The van der Waals surface area contributed by atoms with Crippen LogP contribution in [0.2, 0.25) is 0 Å². The van der Waals surface area contributed by atoms with E-state index < -0.39 is 0 Å². The molecule has 0 heterocycles. The summed E-state index contributed by atoms with van der Waals surface area (Å²) in [5.41, 5.74) is 8.70. The molecule has 2 aromatic rings. The SMILES string of the molecule is Cc1cccc(COc2ccc(C#CCN)cc2)c1. The maximum atomic E-state index is 5.73. The summed E-state index contributed by atoms with van der Waals surface area (Å²) >= 11 is 0. The van der Waals surface area contributed by atoms with Crippen LogP contribution in [0.25, 0.3) is 0 Å². The van der Waals surface area contributed by atoms with Gasteiger partial charge in [-0.1, -0.05) is 41.7 Å². The van der Waals surface area contributed by atoms with Gasteiger partial charge >= 0.3 is 0 Å². The molecule has 2 heteroatoms. The van der Waals surface area contributed by atoms with Gasteiger partial charge in [0, 0.05) is 5.56 Å². The Balaban J connectivity index is 1.96. The summed E-state index contributed by atoms with van der Waals surface area (Å²) < 4.78 is 5.73. The van der Waals surface area contributed by atoms with Crippen LogP contribution in [0.3, 0.4) is 0 Å². The Bertz CT molecular complexity index is 591. The molecule has 0 saturated heterocycles. The summed E-state index contributed by atoms with van der Waals surface area (Å²) in [7, 11) is 0. The Morgan fingerprint density at radius 1 is 1.11 bits per heavy atom. The summed E-state index contributed by atoms with van der Waals surface area (Å²) in [6, 6.07) is 16.0. The summed E-state index contributed by atoms with van der Waals surface area (Å²) in [4.78, 5) is 0. The molecule has 0 saturated carbocycles. The van der Waals surface area contributed by atoms with Gasteiger partial charge in [0.1, 0.15) is 12.4 Å². The fraction of sp³-hybridized carbons (Fsp3) is 0.176. The predicted octanol–water partition coefficient (Wildman–Crippen LogP) is 2.88. The molecular weight excluding hydrogens is 234 g/mol. The van der Waals surface area contributed by atoms with Crippen molar-refractivity contribution in [3.8, 4) is 17.6 Å². The molecule has 2 rings (SSSR count). The van der Waals surface area contributed by atoms with Crippen LogP contribution in [0.5, 0.6) is 5.75 Å². The molecule has 96 valence electrons. The molecule has 0 aliphatic carbocycles. The van der Waals surface area contributed by atoms with Crippen LogP contribution in [0, 0.1) is 18.8 Å². The molecule has 0 aromatic heterocycles. The van der Waals surface area contributed by atoms with Crippen LogP contribution in [0.4, 0.5) is 0 Å². The first-order valence-corrected chi connectivity index (χ1v) is 6.25. The number of rotatable bonds is 3. The van der Waals surface area contributed by atoms with Crippen molar-refractivity contribution in [3.05, 3.63) is 65.2 Å². The van der Waals surface area contributed by atoms with Crippen molar-refractivity contribution in [3.63, 3.8) is 0 Å². The van der Waals surface area contributed by atoms with E-state index in [1.807, 2.05) is 30.3 Å². The van der Waals surface area contributed by atoms with Crippen molar-refractivity contribution in [2.24, 2.45) is 5.73 Å². The lowest BCUT2D eigenvalue weighted by molar-refractivity contribution is 0.306. The van der Waals surface area contributed by atoms with Gasteiger partial charge < -0.3 is 10.5 Å². The third-order valence-electron chi connectivity index (χ3n) is 2.68. The summed E-state index contributed by atoms with van der Waals surface area (Å²) in [5.74, 6) is 6.65. The highest BCUT2D eigenvalue weighted by molar-refractivity contribution is 5.38. The largest absolute Gasteiger partial charge is 0.489 e. The van der Waals surface area contributed by atoms with Gasteiger partial charge in [-0.25, -0.2) is 0 Å². The Morgan fingerprint density at radius 3 is 2.58 bits per heavy atom. The van der Waals surface area contributed by atoms with Gasteiger partial charge in [-0.3, -0.25) is 0 Å². The van der Waals surface area contributed by atoms with Gasteiger partial charge in [0.25, 0.3) is 0 Å². The first-order valence-electron chi connectivity index (χ1n) is 6.25. The highest BCUT2D eigenvalue weighted by Gasteiger charge is 1.96. The molecule has 0 radical (unpaired) electrons.